The number of Topliss-reactive ketones (excluding diaryl/α,β-unsaturated/α-hetero) is 1. The fourth-order valence-electron chi connectivity index (χ4n) is 5.43. The minimum atomic E-state index is -1.11. The van der Waals surface area contributed by atoms with E-state index in [4.69, 9.17) is 4.74 Å². The smallest absolute Gasteiger partial charge is 0.337 e. The number of anilines is 2. The number of carboxylic acid groups (broad SMARTS) is 1. The van der Waals surface area contributed by atoms with Gasteiger partial charge >= 0.3 is 11.9 Å². The molecule has 1 amide bonds. The molecule has 1 aliphatic heterocycles. The lowest BCUT2D eigenvalue weighted by Gasteiger charge is -2.37. The Bertz CT molecular complexity index is 1500. The Balaban J connectivity index is 1.67. The number of fused-ring (bicyclic) bond motifs is 2. The number of para-hydroxylation sites is 2. The van der Waals surface area contributed by atoms with E-state index in [1.807, 2.05) is 6.08 Å². The number of nitrogens with zero attached hydrogens (tertiary/aromatic N) is 1. The number of ketones is 1. The number of aliphatic carboxylic acids is 1. The molecule has 3 atom stereocenters. The number of hydrogen-bond donors (Lipinski definition) is 2. The molecule has 3 aromatic carbocycles. The van der Waals surface area contributed by atoms with Gasteiger partial charge in [-0.25, -0.2) is 9.18 Å². The van der Waals surface area contributed by atoms with Gasteiger partial charge in [0.25, 0.3) is 0 Å². The molecule has 2 aliphatic rings. The van der Waals surface area contributed by atoms with Gasteiger partial charge in [-0.1, -0.05) is 42.5 Å². The lowest BCUT2D eigenvalue weighted by molar-refractivity contribution is -0.138. The van der Waals surface area contributed by atoms with E-state index in [1.54, 1.807) is 60.7 Å². The Labute approximate surface area is 230 Å². The summed E-state index contributed by atoms with van der Waals surface area (Å²) in [7, 11) is 1.28. The third kappa shape index (κ3) is 5.22. The van der Waals surface area contributed by atoms with Gasteiger partial charge in [0, 0.05) is 24.5 Å². The molecule has 8 nitrogen and oxygen atoms in total. The van der Waals surface area contributed by atoms with Gasteiger partial charge in [0.15, 0.2) is 0 Å². The minimum absolute atomic E-state index is 0.131. The second-order valence-corrected chi connectivity index (χ2v) is 9.79. The molecule has 9 heteroatoms. The van der Waals surface area contributed by atoms with E-state index < -0.39 is 29.8 Å². The lowest BCUT2D eigenvalue weighted by atomic mass is 9.76. The van der Waals surface area contributed by atoms with Gasteiger partial charge in [0.05, 0.1) is 42.4 Å². The van der Waals surface area contributed by atoms with Crippen molar-refractivity contribution in [2.24, 2.45) is 5.92 Å². The van der Waals surface area contributed by atoms with Crippen molar-refractivity contribution < 1.29 is 33.4 Å². The van der Waals surface area contributed by atoms with Gasteiger partial charge in [0.2, 0.25) is 5.91 Å². The largest absolute Gasteiger partial charge is 0.481 e. The molecule has 40 heavy (non-hydrogen) atoms. The summed E-state index contributed by atoms with van der Waals surface area (Å²) >= 11 is 0. The molecule has 0 unspecified atom stereocenters. The van der Waals surface area contributed by atoms with E-state index in [2.05, 4.69) is 5.32 Å². The lowest BCUT2D eigenvalue weighted by Crippen LogP contribution is -2.42. The maximum absolute atomic E-state index is 14.0. The van der Waals surface area contributed by atoms with Crippen LogP contribution >= 0.6 is 0 Å². The van der Waals surface area contributed by atoms with Crippen molar-refractivity contribution >= 4 is 35.0 Å². The number of carbonyl (C=O) groups is 4. The number of benzene rings is 3. The highest BCUT2D eigenvalue weighted by atomic mass is 19.1. The van der Waals surface area contributed by atoms with Crippen LogP contribution in [0.3, 0.4) is 0 Å². The monoisotopic (exact) mass is 542 g/mol. The van der Waals surface area contributed by atoms with Gasteiger partial charge < -0.3 is 20.1 Å². The maximum atomic E-state index is 14.0. The highest BCUT2D eigenvalue weighted by molar-refractivity contribution is 6.02. The molecule has 1 heterocycles. The predicted molar refractivity (Wildman–Crippen MR) is 145 cm³/mol. The number of methoxy groups -OCH3 is 1. The normalized spacial score (nSPS) is 19.9. The second kappa shape index (κ2) is 11.1. The summed E-state index contributed by atoms with van der Waals surface area (Å²) in [5.41, 5.74) is 3.37. The fourth-order valence-corrected chi connectivity index (χ4v) is 5.43. The fraction of sp³-hybridized carbons (Fsp3) is 0.226. The Morgan fingerprint density at radius 1 is 0.975 bits per heavy atom. The van der Waals surface area contributed by atoms with E-state index >= 15 is 0 Å². The first kappa shape index (κ1) is 26.8. The van der Waals surface area contributed by atoms with Crippen molar-refractivity contribution in [3.05, 3.63) is 107 Å². The Kier molecular flexibility index (Phi) is 7.46. The first-order valence-corrected chi connectivity index (χ1v) is 12.8. The number of halogens is 1. The Morgan fingerprint density at radius 2 is 1.65 bits per heavy atom. The van der Waals surface area contributed by atoms with Crippen LogP contribution in [0.25, 0.3) is 0 Å². The van der Waals surface area contributed by atoms with E-state index in [1.165, 1.54) is 24.1 Å². The number of nitrogens with one attached hydrogen (secondary N) is 1. The predicted octanol–water partition coefficient (Wildman–Crippen LogP) is 5.23. The van der Waals surface area contributed by atoms with Crippen LogP contribution in [0, 0.1) is 11.7 Å². The SMILES string of the molecule is COC(=O)c1ccc([C@H]2[C@@H]3C(=O)C[C@H](c4ccc(F)cc4)C=C3Nc3ccccc3N2C(=O)CCC(=O)O)cc1. The molecule has 2 N–H and O–H groups in total. The third-order valence-electron chi connectivity index (χ3n) is 7.31. The molecule has 0 spiro atoms. The molecule has 204 valence electrons. The quantitative estimate of drug-likeness (QED) is 0.410. The summed E-state index contributed by atoms with van der Waals surface area (Å²) in [5.74, 6) is -3.70. The van der Waals surface area contributed by atoms with Crippen molar-refractivity contribution in [2.75, 3.05) is 17.3 Å². The summed E-state index contributed by atoms with van der Waals surface area (Å²) < 4.78 is 18.4. The third-order valence-corrected chi connectivity index (χ3v) is 7.31. The van der Waals surface area contributed by atoms with Crippen LogP contribution < -0.4 is 10.2 Å². The van der Waals surface area contributed by atoms with Crippen molar-refractivity contribution in [1.29, 1.82) is 0 Å². The molecule has 0 bridgehead atoms. The van der Waals surface area contributed by atoms with Crippen molar-refractivity contribution in [1.82, 2.24) is 0 Å². The average Bonchev–Trinajstić information content (AvgIpc) is 3.10. The van der Waals surface area contributed by atoms with Crippen LogP contribution in [-0.2, 0) is 19.1 Å². The van der Waals surface area contributed by atoms with Gasteiger partial charge in [-0.05, 0) is 47.5 Å². The standard InChI is InChI=1S/C31H27FN2O6/c1-40-31(39)20-8-6-19(7-9-20)30-29-24(16-21(17-26(29)35)18-10-12-22(32)13-11-18)33-23-4-2-3-5-25(23)34(30)27(36)14-15-28(37)38/h2-13,16,21,29-30,33H,14-15,17H2,1H3,(H,37,38)/t21-,29+,30+/m1/s1. The second-order valence-electron chi connectivity index (χ2n) is 9.79. The number of esters is 1. The summed E-state index contributed by atoms with van der Waals surface area (Å²) in [4.78, 5) is 52.6. The molecule has 0 radical (unpaired) electrons. The molecule has 0 fully saturated rings. The maximum Gasteiger partial charge on any atom is 0.337 e. The van der Waals surface area contributed by atoms with Crippen LogP contribution in [0.5, 0.6) is 0 Å². The zero-order valence-electron chi connectivity index (χ0n) is 21.7. The van der Waals surface area contributed by atoms with Crippen LogP contribution in [0.1, 0.15) is 52.7 Å². The molecule has 5 rings (SSSR count). The number of allylic oxidation sites excluding steroid dienone is 1. The summed E-state index contributed by atoms with van der Waals surface area (Å²) in [6.45, 7) is 0. The molecule has 0 saturated carbocycles. The average molecular weight is 543 g/mol. The molecule has 0 aromatic heterocycles. The highest BCUT2D eigenvalue weighted by Gasteiger charge is 2.45. The van der Waals surface area contributed by atoms with E-state index in [-0.39, 0.29) is 36.8 Å². The molecule has 0 saturated heterocycles. The molecular formula is C31H27FN2O6. The van der Waals surface area contributed by atoms with Gasteiger partial charge in [-0.15, -0.1) is 0 Å². The molecule has 1 aliphatic carbocycles. The van der Waals surface area contributed by atoms with Crippen LogP contribution in [0.4, 0.5) is 15.8 Å². The number of carbonyl (C=O) groups excluding carboxylic acids is 3. The van der Waals surface area contributed by atoms with Crippen LogP contribution in [0.15, 0.2) is 84.6 Å². The van der Waals surface area contributed by atoms with Gasteiger partial charge in [0.1, 0.15) is 11.6 Å². The number of carboxylic acids is 1. The van der Waals surface area contributed by atoms with E-state index in [9.17, 15) is 28.7 Å². The zero-order chi connectivity index (χ0) is 28.4. The number of amides is 1. The van der Waals surface area contributed by atoms with Crippen molar-refractivity contribution in [2.45, 2.75) is 31.2 Å². The van der Waals surface area contributed by atoms with Crippen LogP contribution in [-0.4, -0.2) is 35.8 Å². The number of hydrogen-bond acceptors (Lipinski definition) is 6. The van der Waals surface area contributed by atoms with E-state index in [0.29, 0.717) is 28.2 Å². The summed E-state index contributed by atoms with van der Waals surface area (Å²) in [6.07, 6.45) is 1.44. The van der Waals surface area contributed by atoms with Crippen LogP contribution in [0.2, 0.25) is 0 Å². The van der Waals surface area contributed by atoms with E-state index in [0.717, 1.165) is 5.56 Å². The topological polar surface area (TPSA) is 113 Å². The first-order valence-electron chi connectivity index (χ1n) is 12.8. The van der Waals surface area contributed by atoms with Crippen molar-refractivity contribution in [3.63, 3.8) is 0 Å². The molecular weight excluding hydrogens is 515 g/mol. The highest BCUT2D eigenvalue weighted by Crippen LogP contribution is 2.48. The number of rotatable bonds is 6. The van der Waals surface area contributed by atoms with Gasteiger partial charge in [-0.2, -0.15) is 0 Å². The molecule has 3 aromatic rings. The number of ether oxygens (including phenoxy) is 1. The van der Waals surface area contributed by atoms with Crippen molar-refractivity contribution in [3.8, 4) is 0 Å². The Hall–Kier alpha value is -4.79. The first-order chi connectivity index (χ1) is 19.3. The van der Waals surface area contributed by atoms with Gasteiger partial charge in [-0.3, -0.25) is 14.4 Å². The summed E-state index contributed by atoms with van der Waals surface area (Å²) in [6, 6.07) is 18.8. The zero-order valence-corrected chi connectivity index (χ0v) is 21.7. The Morgan fingerprint density at radius 3 is 2.33 bits per heavy atom. The summed E-state index contributed by atoms with van der Waals surface area (Å²) in [5, 5.41) is 12.6. The minimum Gasteiger partial charge on any atom is -0.481 e.